The molecule has 5 rings (SSSR count). The molecule has 2 aliphatic heterocycles. The lowest BCUT2D eigenvalue weighted by Gasteiger charge is -2.18. The largest absolute Gasteiger partial charge is 0.481 e. The van der Waals surface area contributed by atoms with E-state index in [1.807, 2.05) is 36.4 Å². The van der Waals surface area contributed by atoms with E-state index < -0.39 is 15.1 Å². The third-order valence-electron chi connectivity index (χ3n) is 5.89. The molecule has 0 spiro atoms. The monoisotopic (exact) mass is 407 g/mol. The van der Waals surface area contributed by atoms with E-state index in [0.29, 0.717) is 30.4 Å². The van der Waals surface area contributed by atoms with E-state index in [4.69, 9.17) is 4.74 Å². The van der Waals surface area contributed by atoms with Crippen LogP contribution >= 0.6 is 0 Å². The van der Waals surface area contributed by atoms with Gasteiger partial charge in [-0.15, -0.1) is 0 Å². The van der Waals surface area contributed by atoms with Crippen LogP contribution in [0.25, 0.3) is 11.1 Å². The van der Waals surface area contributed by atoms with E-state index in [1.165, 1.54) is 0 Å². The molecule has 29 heavy (non-hydrogen) atoms. The summed E-state index contributed by atoms with van der Waals surface area (Å²) >= 11 is 0. The van der Waals surface area contributed by atoms with E-state index in [-0.39, 0.29) is 5.92 Å². The molecule has 1 saturated heterocycles. The Hall–Kier alpha value is -2.77. The van der Waals surface area contributed by atoms with Gasteiger partial charge in [0.25, 0.3) is 0 Å². The number of fused-ring (bicyclic) bond motifs is 3. The zero-order valence-electron chi connectivity index (χ0n) is 16.0. The lowest BCUT2D eigenvalue weighted by molar-refractivity contribution is 0.313. The van der Waals surface area contributed by atoms with Gasteiger partial charge in [-0.3, -0.25) is 9.88 Å². The molecule has 7 heteroatoms. The van der Waals surface area contributed by atoms with E-state index in [2.05, 4.69) is 14.9 Å². The number of methoxy groups -OCH3 is 1. The van der Waals surface area contributed by atoms with Crippen LogP contribution in [0, 0.1) is 0 Å². The van der Waals surface area contributed by atoms with Crippen LogP contribution in [0.15, 0.2) is 66.0 Å². The van der Waals surface area contributed by atoms with Gasteiger partial charge in [-0.1, -0.05) is 18.2 Å². The van der Waals surface area contributed by atoms with Gasteiger partial charge in [0.15, 0.2) is 9.84 Å². The summed E-state index contributed by atoms with van der Waals surface area (Å²) < 4.78 is 31.7. The van der Waals surface area contributed by atoms with Crippen LogP contribution < -0.4 is 4.74 Å². The molecule has 148 valence electrons. The highest BCUT2D eigenvalue weighted by atomic mass is 32.2. The van der Waals surface area contributed by atoms with Crippen molar-refractivity contribution in [1.82, 2.24) is 14.9 Å². The average Bonchev–Trinajstić information content (AvgIpc) is 3.26. The molecular weight excluding hydrogens is 386 g/mol. The number of ether oxygens (including phenoxy) is 1. The third kappa shape index (κ3) is 3.01. The van der Waals surface area contributed by atoms with E-state index in [9.17, 15) is 8.42 Å². The van der Waals surface area contributed by atoms with E-state index in [1.54, 1.807) is 31.8 Å². The maximum atomic E-state index is 13.2. The summed E-state index contributed by atoms with van der Waals surface area (Å²) in [6, 6.07) is 13.4. The fraction of sp³-hybridized carbons (Fsp3) is 0.273. The van der Waals surface area contributed by atoms with Crippen molar-refractivity contribution in [3.05, 3.63) is 72.2 Å². The van der Waals surface area contributed by atoms with Crippen LogP contribution in [0.4, 0.5) is 0 Å². The molecule has 0 bridgehead atoms. The number of hydrogen-bond donors (Lipinski definition) is 0. The van der Waals surface area contributed by atoms with Gasteiger partial charge in [0, 0.05) is 49.7 Å². The molecule has 0 aliphatic carbocycles. The normalized spacial score (nSPS) is 22.2. The van der Waals surface area contributed by atoms with E-state index in [0.717, 1.165) is 22.3 Å². The second kappa shape index (κ2) is 6.93. The minimum atomic E-state index is -3.33. The highest BCUT2D eigenvalue weighted by Gasteiger charge is 2.50. The molecular formula is C22H21N3O3S. The Morgan fingerprint density at radius 1 is 1.10 bits per heavy atom. The Kier molecular flexibility index (Phi) is 4.37. The molecule has 6 nitrogen and oxygen atoms in total. The van der Waals surface area contributed by atoms with Crippen molar-refractivity contribution in [2.45, 2.75) is 22.6 Å². The average molecular weight is 407 g/mol. The Morgan fingerprint density at radius 3 is 2.76 bits per heavy atom. The van der Waals surface area contributed by atoms with Crippen LogP contribution in [-0.4, -0.2) is 48.7 Å². The maximum Gasteiger partial charge on any atom is 0.217 e. The maximum absolute atomic E-state index is 13.2. The Bertz CT molecular complexity index is 1160. The minimum Gasteiger partial charge on any atom is -0.481 e. The molecule has 2 atom stereocenters. The van der Waals surface area contributed by atoms with Crippen LogP contribution in [0.1, 0.15) is 17.0 Å². The van der Waals surface area contributed by atoms with Crippen LogP contribution in [0.2, 0.25) is 0 Å². The van der Waals surface area contributed by atoms with Gasteiger partial charge < -0.3 is 4.74 Å². The molecule has 3 aromatic rings. The van der Waals surface area contributed by atoms with Gasteiger partial charge in [-0.2, -0.15) is 0 Å². The summed E-state index contributed by atoms with van der Waals surface area (Å²) in [6.45, 7) is 1.84. The second-order valence-electron chi connectivity index (χ2n) is 7.55. The van der Waals surface area contributed by atoms with Gasteiger partial charge >= 0.3 is 0 Å². The fourth-order valence-electron chi connectivity index (χ4n) is 4.54. The number of likely N-dealkylation sites (tertiary alicyclic amines) is 1. The third-order valence-corrected chi connectivity index (χ3v) is 8.15. The SMILES string of the molecule is COc1ncccc1CN1C[C@@H]2c3cc(-c4cccnc4)ccc3S(=O)(=O)[C@H]2C1. The van der Waals surface area contributed by atoms with Crippen molar-refractivity contribution in [3.63, 3.8) is 0 Å². The summed E-state index contributed by atoms with van der Waals surface area (Å²) in [5.74, 6) is 0.570. The number of sulfone groups is 1. The van der Waals surface area contributed by atoms with Crippen LogP contribution in [-0.2, 0) is 16.4 Å². The number of nitrogens with zero attached hydrogens (tertiary/aromatic N) is 3. The first kappa shape index (κ1) is 18.3. The minimum absolute atomic E-state index is 0.0192. The number of benzene rings is 1. The number of pyridine rings is 2. The molecule has 4 heterocycles. The fourth-order valence-corrected chi connectivity index (χ4v) is 6.73. The van der Waals surface area contributed by atoms with Gasteiger partial charge in [0.05, 0.1) is 17.3 Å². The topological polar surface area (TPSA) is 72.4 Å². The standard InChI is InChI=1S/C22H21N3O3S/c1-28-22-17(5-3-9-24-22)12-25-13-19-18-10-15(16-4-2-8-23-11-16)6-7-20(18)29(26,27)21(19)14-25/h2-11,19,21H,12-14H2,1H3/t19-,21+/m1/s1. The number of aromatic nitrogens is 2. The number of hydrogen-bond acceptors (Lipinski definition) is 6. The van der Waals surface area contributed by atoms with Crippen LogP contribution in [0.3, 0.4) is 0 Å². The zero-order valence-corrected chi connectivity index (χ0v) is 16.8. The Labute approximate surface area is 170 Å². The highest BCUT2D eigenvalue weighted by molar-refractivity contribution is 7.92. The molecule has 2 aromatic heterocycles. The predicted octanol–water partition coefficient (Wildman–Crippen LogP) is 2.91. The van der Waals surface area contributed by atoms with Crippen molar-refractivity contribution in [2.75, 3.05) is 20.2 Å². The van der Waals surface area contributed by atoms with Gasteiger partial charge in [-0.25, -0.2) is 13.4 Å². The molecule has 0 radical (unpaired) electrons. The summed E-state index contributed by atoms with van der Waals surface area (Å²) in [6.07, 6.45) is 5.24. The quantitative estimate of drug-likeness (QED) is 0.662. The summed E-state index contributed by atoms with van der Waals surface area (Å²) in [4.78, 5) is 11.1. The molecule has 0 N–H and O–H groups in total. The zero-order chi connectivity index (χ0) is 20.0. The summed E-state index contributed by atoms with van der Waals surface area (Å²) in [7, 11) is -1.72. The Morgan fingerprint density at radius 2 is 1.97 bits per heavy atom. The summed E-state index contributed by atoms with van der Waals surface area (Å²) in [5.41, 5.74) is 3.89. The molecule has 1 aromatic carbocycles. The lowest BCUT2D eigenvalue weighted by atomic mass is 9.95. The van der Waals surface area contributed by atoms with Gasteiger partial charge in [0.2, 0.25) is 5.88 Å². The molecule has 0 unspecified atom stereocenters. The molecule has 0 saturated carbocycles. The van der Waals surface area contributed by atoms with Crippen molar-refractivity contribution < 1.29 is 13.2 Å². The molecule has 1 fully saturated rings. The summed E-state index contributed by atoms with van der Waals surface area (Å²) in [5, 5.41) is -0.399. The van der Waals surface area contributed by atoms with Crippen molar-refractivity contribution in [2.24, 2.45) is 0 Å². The van der Waals surface area contributed by atoms with Crippen molar-refractivity contribution in [1.29, 1.82) is 0 Å². The second-order valence-corrected chi connectivity index (χ2v) is 9.69. The van der Waals surface area contributed by atoms with E-state index >= 15 is 0 Å². The van der Waals surface area contributed by atoms with Gasteiger partial charge in [-0.05, 0) is 41.0 Å². The molecule has 0 amide bonds. The lowest BCUT2D eigenvalue weighted by Crippen LogP contribution is -2.26. The highest BCUT2D eigenvalue weighted by Crippen LogP contribution is 2.46. The smallest absolute Gasteiger partial charge is 0.217 e. The predicted molar refractivity (Wildman–Crippen MR) is 109 cm³/mol. The molecule has 2 aliphatic rings. The van der Waals surface area contributed by atoms with Gasteiger partial charge in [0.1, 0.15) is 0 Å². The van der Waals surface area contributed by atoms with Crippen molar-refractivity contribution >= 4 is 9.84 Å². The van der Waals surface area contributed by atoms with Crippen molar-refractivity contribution in [3.8, 4) is 17.0 Å². The van der Waals surface area contributed by atoms with Crippen LogP contribution in [0.5, 0.6) is 5.88 Å². The first-order valence-corrected chi connectivity index (χ1v) is 11.1. The number of rotatable bonds is 4. The Balaban J connectivity index is 1.47. The first-order valence-electron chi connectivity index (χ1n) is 9.56. The first-order chi connectivity index (χ1) is 14.1.